The molecule has 0 atom stereocenters. The maximum atomic E-state index is 5.47. The molecule has 3 heteroatoms. The number of aromatic nitrogens is 1. The summed E-state index contributed by atoms with van der Waals surface area (Å²) in [6, 6.07) is 5.96. The van der Waals surface area contributed by atoms with Crippen molar-refractivity contribution >= 4 is 22.9 Å². The van der Waals surface area contributed by atoms with E-state index in [-0.39, 0.29) is 0 Å². The van der Waals surface area contributed by atoms with Crippen LogP contribution in [0.25, 0.3) is 11.1 Å². The molecule has 0 amide bonds. The van der Waals surface area contributed by atoms with E-state index in [1.807, 2.05) is 25.1 Å². The molecule has 1 aromatic carbocycles. The van der Waals surface area contributed by atoms with Crippen LogP contribution < -0.4 is 0 Å². The summed E-state index contributed by atoms with van der Waals surface area (Å²) in [6.07, 6.45) is 0. The molecule has 0 aliphatic heterocycles. The number of thioether (sulfide) groups is 1. The summed E-state index contributed by atoms with van der Waals surface area (Å²) in [5.74, 6) is 0. The van der Waals surface area contributed by atoms with Crippen LogP contribution in [0.15, 0.2) is 39.8 Å². The molecule has 0 unspecified atom stereocenters. The number of nitrogens with zero attached hydrogens (tertiary/aromatic N) is 1. The lowest BCUT2D eigenvalue weighted by molar-refractivity contribution is 0.490. The number of rotatable bonds is 2. The van der Waals surface area contributed by atoms with Gasteiger partial charge in [-0.15, -0.1) is 0 Å². The Hall–Kier alpha value is -1.22. The van der Waals surface area contributed by atoms with Crippen molar-refractivity contribution in [2.45, 2.75) is 12.1 Å². The van der Waals surface area contributed by atoms with Gasteiger partial charge in [0.15, 0.2) is 5.58 Å². The quantitative estimate of drug-likeness (QED) is 0.681. The maximum Gasteiger partial charge on any atom is 0.261 e. The number of benzene rings is 1. The Morgan fingerprint density at radius 3 is 3.15 bits per heavy atom. The van der Waals surface area contributed by atoms with Gasteiger partial charge >= 0.3 is 0 Å². The second-order valence-corrected chi connectivity index (χ2v) is 3.65. The van der Waals surface area contributed by atoms with E-state index < -0.39 is 0 Å². The molecular weight excluding hydrogens is 182 g/mol. The van der Waals surface area contributed by atoms with Gasteiger partial charge in [-0.2, -0.15) is 0 Å². The Morgan fingerprint density at radius 2 is 2.38 bits per heavy atom. The molecule has 0 N–H and O–H groups in total. The van der Waals surface area contributed by atoms with Gasteiger partial charge in [0.2, 0.25) is 0 Å². The largest absolute Gasteiger partial charge is 0.431 e. The molecule has 13 heavy (non-hydrogen) atoms. The van der Waals surface area contributed by atoms with Crippen LogP contribution in [0.3, 0.4) is 0 Å². The van der Waals surface area contributed by atoms with E-state index in [4.69, 9.17) is 4.42 Å². The smallest absolute Gasteiger partial charge is 0.261 e. The van der Waals surface area contributed by atoms with Crippen molar-refractivity contribution in [2.75, 3.05) is 0 Å². The molecule has 1 aromatic heterocycles. The number of hydrogen-bond donors (Lipinski definition) is 0. The van der Waals surface area contributed by atoms with Crippen molar-refractivity contribution < 1.29 is 4.42 Å². The average Bonchev–Trinajstić information content (AvgIpc) is 2.46. The molecular formula is C10H9NOS. The van der Waals surface area contributed by atoms with E-state index in [1.54, 1.807) is 5.41 Å². The van der Waals surface area contributed by atoms with Crippen molar-refractivity contribution in [1.82, 2.24) is 4.98 Å². The zero-order valence-electron chi connectivity index (χ0n) is 7.28. The van der Waals surface area contributed by atoms with Gasteiger partial charge < -0.3 is 4.42 Å². The van der Waals surface area contributed by atoms with E-state index in [0.29, 0.717) is 5.22 Å². The molecule has 2 nitrogen and oxygen atoms in total. The molecule has 0 saturated carbocycles. The fraction of sp³-hybridized carbons (Fsp3) is 0.100. The normalized spacial score (nSPS) is 10.5. The second-order valence-electron chi connectivity index (χ2n) is 2.74. The van der Waals surface area contributed by atoms with Gasteiger partial charge in [-0.25, -0.2) is 4.98 Å². The molecule has 0 fully saturated rings. The Balaban J connectivity index is 2.55. The van der Waals surface area contributed by atoms with Crippen LogP contribution in [0.5, 0.6) is 0 Å². The van der Waals surface area contributed by atoms with Crippen LogP contribution in [-0.4, -0.2) is 4.98 Å². The molecule has 66 valence electrons. The van der Waals surface area contributed by atoms with Gasteiger partial charge in [0.1, 0.15) is 5.52 Å². The molecule has 1 heterocycles. The zero-order valence-corrected chi connectivity index (χ0v) is 8.10. The first-order valence-electron chi connectivity index (χ1n) is 3.94. The lowest BCUT2D eigenvalue weighted by atomic mass is 10.2. The summed E-state index contributed by atoms with van der Waals surface area (Å²) in [4.78, 5) is 4.27. The van der Waals surface area contributed by atoms with Crippen molar-refractivity contribution in [2.24, 2.45) is 0 Å². The standard InChI is InChI=1S/C10H9NOS/c1-3-13-10-11-8-5-4-7(2)6-9(8)12-10/h3-6H,1H2,2H3. The summed E-state index contributed by atoms with van der Waals surface area (Å²) in [5.41, 5.74) is 2.91. The predicted octanol–water partition coefficient (Wildman–Crippen LogP) is 3.37. The van der Waals surface area contributed by atoms with Crippen LogP contribution in [-0.2, 0) is 0 Å². The van der Waals surface area contributed by atoms with E-state index in [9.17, 15) is 0 Å². The van der Waals surface area contributed by atoms with E-state index >= 15 is 0 Å². The first-order valence-corrected chi connectivity index (χ1v) is 4.82. The molecule has 0 aliphatic rings. The van der Waals surface area contributed by atoms with Crippen molar-refractivity contribution in [3.8, 4) is 0 Å². The molecule has 0 saturated heterocycles. The molecule has 2 rings (SSSR count). The highest BCUT2D eigenvalue weighted by Crippen LogP contribution is 2.24. The van der Waals surface area contributed by atoms with E-state index in [0.717, 1.165) is 11.1 Å². The molecule has 0 radical (unpaired) electrons. The molecule has 2 aromatic rings. The molecule has 0 bridgehead atoms. The summed E-state index contributed by atoms with van der Waals surface area (Å²) < 4.78 is 5.47. The summed E-state index contributed by atoms with van der Waals surface area (Å²) in [5, 5.41) is 2.35. The van der Waals surface area contributed by atoms with Crippen molar-refractivity contribution in [1.29, 1.82) is 0 Å². The highest BCUT2D eigenvalue weighted by Gasteiger charge is 2.03. The Bertz CT molecular complexity index is 447. The minimum atomic E-state index is 0.649. The van der Waals surface area contributed by atoms with Gasteiger partial charge in [-0.1, -0.05) is 12.6 Å². The van der Waals surface area contributed by atoms with Gasteiger partial charge in [-0.3, -0.25) is 0 Å². The maximum absolute atomic E-state index is 5.47. The SMILES string of the molecule is C=CSc1nc2ccc(C)cc2o1. The minimum Gasteiger partial charge on any atom is -0.431 e. The van der Waals surface area contributed by atoms with Crippen LogP contribution in [0.1, 0.15) is 5.56 Å². The molecule has 0 spiro atoms. The van der Waals surface area contributed by atoms with Gasteiger partial charge in [0, 0.05) is 0 Å². The van der Waals surface area contributed by atoms with Gasteiger partial charge in [-0.05, 0) is 41.8 Å². The fourth-order valence-electron chi connectivity index (χ4n) is 1.13. The minimum absolute atomic E-state index is 0.649. The van der Waals surface area contributed by atoms with Crippen molar-refractivity contribution in [3.05, 3.63) is 35.7 Å². The van der Waals surface area contributed by atoms with E-state index in [2.05, 4.69) is 11.6 Å². The highest BCUT2D eigenvalue weighted by molar-refractivity contribution is 8.01. The van der Waals surface area contributed by atoms with Gasteiger partial charge in [0.05, 0.1) is 0 Å². The lowest BCUT2D eigenvalue weighted by Crippen LogP contribution is -1.70. The van der Waals surface area contributed by atoms with Crippen LogP contribution >= 0.6 is 11.8 Å². The Labute approximate surface area is 80.7 Å². The van der Waals surface area contributed by atoms with Crippen LogP contribution in [0.4, 0.5) is 0 Å². The summed E-state index contributed by atoms with van der Waals surface area (Å²) in [7, 11) is 0. The zero-order chi connectivity index (χ0) is 9.26. The lowest BCUT2D eigenvalue weighted by Gasteiger charge is -1.87. The third-order valence-electron chi connectivity index (χ3n) is 1.71. The Morgan fingerprint density at radius 1 is 1.54 bits per heavy atom. The third-order valence-corrected chi connectivity index (χ3v) is 2.25. The topological polar surface area (TPSA) is 26.0 Å². The summed E-state index contributed by atoms with van der Waals surface area (Å²) in [6.45, 7) is 5.64. The van der Waals surface area contributed by atoms with Crippen LogP contribution in [0, 0.1) is 6.92 Å². The third kappa shape index (κ3) is 1.60. The summed E-state index contributed by atoms with van der Waals surface area (Å²) >= 11 is 1.39. The van der Waals surface area contributed by atoms with Crippen LogP contribution in [0.2, 0.25) is 0 Å². The number of aryl methyl sites for hydroxylation is 1. The van der Waals surface area contributed by atoms with Crippen molar-refractivity contribution in [3.63, 3.8) is 0 Å². The number of oxazole rings is 1. The van der Waals surface area contributed by atoms with E-state index in [1.165, 1.54) is 17.3 Å². The number of fused-ring (bicyclic) bond motifs is 1. The first kappa shape index (κ1) is 8.38. The predicted molar refractivity (Wildman–Crippen MR) is 54.8 cm³/mol. The number of hydrogen-bond acceptors (Lipinski definition) is 3. The fourth-order valence-corrected chi connectivity index (χ4v) is 1.56. The van der Waals surface area contributed by atoms with Gasteiger partial charge in [0.25, 0.3) is 5.22 Å². The monoisotopic (exact) mass is 191 g/mol. The Kier molecular flexibility index (Phi) is 2.10. The highest BCUT2D eigenvalue weighted by atomic mass is 32.2. The average molecular weight is 191 g/mol. The first-order chi connectivity index (χ1) is 6.29. The second kappa shape index (κ2) is 3.26. The molecule has 0 aliphatic carbocycles.